The van der Waals surface area contributed by atoms with E-state index in [0.29, 0.717) is 16.9 Å². The molecular weight excluding hydrogens is 531 g/mol. The number of carboxylic acid groups (broad SMARTS) is 1. The van der Waals surface area contributed by atoms with E-state index in [1.807, 2.05) is 42.5 Å². The standard InChI is InChI=1S/C26H27N3O4.C2HF3O2/c1-2-32-24(30)16-22(17-33-23-10-6-9-21(15-23)25(27)28)29-26(31)20-13-11-19(12-14-20)18-7-4-3-5-8-18;3-2(4,5)1(6)7/h3-15,22H,2,16-17H2,1H3,(H3,27,28)(H,29,31);(H,6,7)/t22-;/m1./s1. The Morgan fingerprint density at radius 1 is 0.950 bits per heavy atom. The predicted octanol–water partition coefficient (Wildman–Crippen LogP) is 4.40. The molecule has 0 saturated carbocycles. The van der Waals surface area contributed by atoms with Crippen molar-refractivity contribution in [1.82, 2.24) is 5.32 Å². The van der Waals surface area contributed by atoms with Crippen LogP contribution in [0.4, 0.5) is 13.2 Å². The molecule has 0 spiro atoms. The molecule has 0 aromatic heterocycles. The molecule has 0 aliphatic carbocycles. The number of nitrogens with one attached hydrogen (secondary N) is 2. The molecular formula is C28H28F3N3O6. The predicted molar refractivity (Wildman–Crippen MR) is 141 cm³/mol. The highest BCUT2D eigenvalue weighted by atomic mass is 19.4. The van der Waals surface area contributed by atoms with Crippen molar-refractivity contribution in [3.63, 3.8) is 0 Å². The van der Waals surface area contributed by atoms with Crippen molar-refractivity contribution in [3.05, 3.63) is 90.0 Å². The summed E-state index contributed by atoms with van der Waals surface area (Å²) in [6.45, 7) is 2.03. The molecule has 5 N–H and O–H groups in total. The highest BCUT2D eigenvalue weighted by Crippen LogP contribution is 2.19. The summed E-state index contributed by atoms with van der Waals surface area (Å²) in [4.78, 5) is 33.8. The number of halogens is 3. The number of amides is 1. The van der Waals surface area contributed by atoms with Gasteiger partial charge in [-0.2, -0.15) is 13.2 Å². The summed E-state index contributed by atoms with van der Waals surface area (Å²) in [7, 11) is 0. The lowest BCUT2D eigenvalue weighted by atomic mass is 10.0. The van der Waals surface area contributed by atoms with Crippen LogP contribution < -0.4 is 15.8 Å². The molecule has 1 atom stereocenters. The summed E-state index contributed by atoms with van der Waals surface area (Å²) in [6, 6.07) is 23.3. The molecule has 0 aliphatic rings. The maximum atomic E-state index is 12.8. The SMILES string of the molecule is CCOC(=O)C[C@H](COc1cccc(C(=N)N)c1)NC(=O)c1ccc(-c2ccccc2)cc1.O=C(O)C(F)(F)F. The first-order valence-corrected chi connectivity index (χ1v) is 11.9. The molecule has 9 nitrogen and oxygen atoms in total. The van der Waals surface area contributed by atoms with Crippen molar-refractivity contribution in [3.8, 4) is 16.9 Å². The maximum Gasteiger partial charge on any atom is 0.490 e. The molecule has 0 unspecified atom stereocenters. The number of carboxylic acids is 1. The lowest BCUT2D eigenvalue weighted by molar-refractivity contribution is -0.192. The van der Waals surface area contributed by atoms with E-state index in [4.69, 9.17) is 30.5 Å². The van der Waals surface area contributed by atoms with Crippen LogP contribution >= 0.6 is 0 Å². The minimum absolute atomic E-state index is 0.0337. The second-order valence-electron chi connectivity index (χ2n) is 8.18. The lowest BCUT2D eigenvalue weighted by Gasteiger charge is -2.19. The van der Waals surface area contributed by atoms with Gasteiger partial charge in [-0.3, -0.25) is 15.0 Å². The van der Waals surface area contributed by atoms with Crippen LogP contribution in [0.15, 0.2) is 78.9 Å². The smallest absolute Gasteiger partial charge is 0.490 e. The monoisotopic (exact) mass is 559 g/mol. The van der Waals surface area contributed by atoms with Gasteiger partial charge in [-0.25, -0.2) is 4.79 Å². The van der Waals surface area contributed by atoms with Crippen molar-refractivity contribution in [2.75, 3.05) is 13.2 Å². The second-order valence-corrected chi connectivity index (χ2v) is 8.18. The number of benzene rings is 3. The van der Waals surface area contributed by atoms with Gasteiger partial charge in [-0.05, 0) is 42.3 Å². The molecule has 1 amide bonds. The first-order chi connectivity index (χ1) is 18.9. The van der Waals surface area contributed by atoms with Crippen LogP contribution in [-0.4, -0.2) is 54.2 Å². The highest BCUT2D eigenvalue weighted by molar-refractivity contribution is 5.95. The van der Waals surface area contributed by atoms with E-state index in [1.165, 1.54) is 0 Å². The largest absolute Gasteiger partial charge is 0.491 e. The van der Waals surface area contributed by atoms with Gasteiger partial charge in [0.05, 0.1) is 19.1 Å². The van der Waals surface area contributed by atoms with Gasteiger partial charge in [0.2, 0.25) is 0 Å². The Hall–Kier alpha value is -4.87. The Morgan fingerprint density at radius 2 is 1.55 bits per heavy atom. The van der Waals surface area contributed by atoms with Crippen molar-refractivity contribution in [2.24, 2.45) is 5.73 Å². The number of nitrogen functional groups attached to an aromatic ring is 1. The third kappa shape index (κ3) is 10.5. The normalized spacial score (nSPS) is 11.3. The molecule has 0 saturated heterocycles. The average Bonchev–Trinajstić information content (AvgIpc) is 2.92. The zero-order valence-corrected chi connectivity index (χ0v) is 21.4. The summed E-state index contributed by atoms with van der Waals surface area (Å²) in [6.07, 6.45) is -5.12. The van der Waals surface area contributed by atoms with E-state index in [0.717, 1.165) is 11.1 Å². The van der Waals surface area contributed by atoms with E-state index in [-0.39, 0.29) is 31.4 Å². The molecule has 0 fully saturated rings. The van der Waals surface area contributed by atoms with Crippen LogP contribution in [0.5, 0.6) is 5.75 Å². The van der Waals surface area contributed by atoms with E-state index < -0.39 is 24.2 Å². The zero-order valence-electron chi connectivity index (χ0n) is 21.4. The Morgan fingerprint density at radius 3 is 2.10 bits per heavy atom. The molecule has 12 heteroatoms. The van der Waals surface area contributed by atoms with Crippen molar-refractivity contribution < 1.29 is 42.1 Å². The van der Waals surface area contributed by atoms with E-state index in [2.05, 4.69) is 5.32 Å². The van der Waals surface area contributed by atoms with Gasteiger partial charge in [0.1, 0.15) is 18.2 Å². The first kappa shape index (κ1) is 31.3. The first-order valence-electron chi connectivity index (χ1n) is 11.9. The number of amidine groups is 1. The number of hydrogen-bond acceptors (Lipinski definition) is 6. The fourth-order valence-corrected chi connectivity index (χ4v) is 3.24. The van der Waals surface area contributed by atoms with E-state index >= 15 is 0 Å². The molecule has 0 heterocycles. The van der Waals surface area contributed by atoms with Gasteiger partial charge in [0, 0.05) is 11.1 Å². The molecule has 40 heavy (non-hydrogen) atoms. The highest BCUT2D eigenvalue weighted by Gasteiger charge is 2.38. The number of carbonyl (C=O) groups excluding carboxylic acids is 2. The molecule has 0 bridgehead atoms. The average molecular weight is 560 g/mol. The number of nitrogens with two attached hydrogens (primary N) is 1. The van der Waals surface area contributed by atoms with Crippen LogP contribution in [0.25, 0.3) is 11.1 Å². The summed E-state index contributed by atoms with van der Waals surface area (Å²) in [5, 5.41) is 17.5. The Kier molecular flexibility index (Phi) is 11.7. The fraction of sp³-hybridized carbons (Fsp3) is 0.214. The van der Waals surface area contributed by atoms with E-state index in [9.17, 15) is 22.8 Å². The molecule has 3 rings (SSSR count). The number of alkyl halides is 3. The summed E-state index contributed by atoms with van der Waals surface area (Å²) >= 11 is 0. The molecule has 3 aromatic rings. The van der Waals surface area contributed by atoms with Crippen molar-refractivity contribution in [2.45, 2.75) is 25.6 Å². The Labute approximate surface area is 228 Å². The summed E-state index contributed by atoms with van der Waals surface area (Å²) < 4.78 is 42.5. The minimum atomic E-state index is -5.08. The number of hydrogen-bond donors (Lipinski definition) is 4. The minimum Gasteiger partial charge on any atom is -0.491 e. The molecule has 0 aliphatic heterocycles. The van der Waals surface area contributed by atoms with Crippen LogP contribution in [-0.2, 0) is 14.3 Å². The van der Waals surface area contributed by atoms with Gasteiger partial charge in [0.15, 0.2) is 0 Å². The topological polar surface area (TPSA) is 152 Å². The van der Waals surface area contributed by atoms with Crippen LogP contribution in [0.3, 0.4) is 0 Å². The van der Waals surface area contributed by atoms with Gasteiger partial charge < -0.3 is 25.6 Å². The van der Waals surface area contributed by atoms with Crippen LogP contribution in [0, 0.1) is 5.41 Å². The number of rotatable bonds is 10. The quantitative estimate of drug-likeness (QED) is 0.163. The van der Waals surface area contributed by atoms with Gasteiger partial charge in [-0.15, -0.1) is 0 Å². The third-order valence-corrected chi connectivity index (χ3v) is 5.15. The van der Waals surface area contributed by atoms with Gasteiger partial charge in [0.25, 0.3) is 5.91 Å². The molecule has 0 radical (unpaired) electrons. The number of aliphatic carboxylic acids is 1. The van der Waals surface area contributed by atoms with E-state index in [1.54, 1.807) is 43.3 Å². The van der Waals surface area contributed by atoms with Gasteiger partial charge >= 0.3 is 18.1 Å². The van der Waals surface area contributed by atoms with Crippen molar-refractivity contribution >= 4 is 23.7 Å². The number of carbonyl (C=O) groups is 3. The van der Waals surface area contributed by atoms with Crippen LogP contribution in [0.1, 0.15) is 29.3 Å². The Balaban J connectivity index is 0.000000708. The lowest BCUT2D eigenvalue weighted by Crippen LogP contribution is -2.41. The zero-order chi connectivity index (χ0) is 29.7. The fourth-order valence-electron chi connectivity index (χ4n) is 3.24. The second kappa shape index (κ2) is 14.9. The maximum absolute atomic E-state index is 12.8. The molecule has 212 valence electrons. The number of esters is 1. The van der Waals surface area contributed by atoms with Crippen LogP contribution in [0.2, 0.25) is 0 Å². The Bertz CT molecular complexity index is 1300. The summed E-state index contributed by atoms with van der Waals surface area (Å²) in [5.74, 6) is -3.09. The number of ether oxygens (including phenoxy) is 2. The van der Waals surface area contributed by atoms with Gasteiger partial charge in [-0.1, -0.05) is 54.6 Å². The van der Waals surface area contributed by atoms with Crippen molar-refractivity contribution in [1.29, 1.82) is 5.41 Å². The third-order valence-electron chi connectivity index (χ3n) is 5.15. The summed E-state index contributed by atoms with van der Waals surface area (Å²) in [5.41, 5.74) is 8.59. The molecule has 3 aromatic carbocycles.